The number of carbonyl (C=O) groups excluding carboxylic acids is 3. The number of nitrogens with two attached hydrogens (primary N) is 1. The van der Waals surface area contributed by atoms with Crippen LogP contribution in [0.1, 0.15) is 122 Å². The van der Waals surface area contributed by atoms with Gasteiger partial charge in [0.25, 0.3) is 0 Å². The number of hydrogen-bond donors (Lipinski definition) is 3. The second kappa shape index (κ2) is 14.2. The molecule has 0 spiro atoms. The summed E-state index contributed by atoms with van der Waals surface area (Å²) in [5.41, 5.74) is 6.08. The molecule has 7 aliphatic carbocycles. The molecule has 50 heavy (non-hydrogen) atoms. The van der Waals surface area contributed by atoms with Crippen molar-refractivity contribution in [1.29, 1.82) is 0 Å². The summed E-state index contributed by atoms with van der Waals surface area (Å²) >= 11 is 0. The quantitative estimate of drug-likeness (QED) is 0.352. The lowest BCUT2D eigenvalue weighted by atomic mass is 9.46. The molecule has 9 fully saturated rings. The summed E-state index contributed by atoms with van der Waals surface area (Å²) < 4.78 is 5.87. The Bertz CT molecular complexity index is 1260. The predicted octanol–water partition coefficient (Wildman–Crippen LogP) is 3.83. The van der Waals surface area contributed by atoms with Gasteiger partial charge in [0, 0.05) is 57.8 Å². The second-order valence-corrected chi connectivity index (χ2v) is 18.7. The average Bonchev–Trinajstić information content (AvgIpc) is 3.51. The third kappa shape index (κ3) is 6.89. The zero-order valence-corrected chi connectivity index (χ0v) is 30.7. The topological polar surface area (TPSA) is 128 Å². The Balaban J connectivity index is 0.969. The van der Waals surface area contributed by atoms with Crippen LogP contribution in [-0.4, -0.2) is 113 Å². The number of aliphatic hydroxyl groups excluding tert-OH is 1. The molecule has 3 amide bonds. The lowest BCUT2D eigenvalue weighted by molar-refractivity contribution is -0.162. The first-order chi connectivity index (χ1) is 24.1. The molecule has 2 heterocycles. The zero-order chi connectivity index (χ0) is 34.6. The monoisotopic (exact) mass is 695 g/mol. The number of methoxy groups -OCH3 is 1. The van der Waals surface area contributed by atoms with Gasteiger partial charge in [0.2, 0.25) is 17.7 Å². The van der Waals surface area contributed by atoms with E-state index in [-0.39, 0.29) is 42.3 Å². The van der Waals surface area contributed by atoms with Crippen LogP contribution in [0.25, 0.3) is 0 Å². The van der Waals surface area contributed by atoms with E-state index in [0.29, 0.717) is 49.7 Å². The van der Waals surface area contributed by atoms with Gasteiger partial charge in [-0.25, -0.2) is 0 Å². The highest BCUT2D eigenvalue weighted by molar-refractivity contribution is 5.94. The predicted molar refractivity (Wildman–Crippen MR) is 191 cm³/mol. The maximum atomic E-state index is 14.5. The van der Waals surface area contributed by atoms with Crippen molar-refractivity contribution in [3.8, 4) is 0 Å². The molecule has 7 saturated carbocycles. The average molecular weight is 696 g/mol. The fourth-order valence-corrected chi connectivity index (χ4v) is 13.4. The number of aliphatic hydroxyl groups is 1. The van der Waals surface area contributed by atoms with Crippen LogP contribution in [0.15, 0.2) is 0 Å². The van der Waals surface area contributed by atoms with E-state index in [1.165, 1.54) is 44.9 Å². The Kier molecular flexibility index (Phi) is 10.0. The fourth-order valence-electron chi connectivity index (χ4n) is 13.4. The molecular weight excluding hydrogens is 630 g/mol. The number of ether oxygens (including phenoxy) is 1. The van der Waals surface area contributed by atoms with Gasteiger partial charge in [-0.1, -0.05) is 44.9 Å². The van der Waals surface area contributed by atoms with Crippen LogP contribution in [-0.2, 0) is 19.1 Å². The third-order valence-electron chi connectivity index (χ3n) is 15.3. The van der Waals surface area contributed by atoms with Gasteiger partial charge in [-0.3, -0.25) is 19.3 Å². The van der Waals surface area contributed by atoms with E-state index < -0.39 is 23.6 Å². The van der Waals surface area contributed by atoms with E-state index >= 15 is 0 Å². The number of β-amino-alcohol motifs (C(OH)–C–C–N with tert-alkyl or cyclic N) is 1. The molecule has 0 aromatic rings. The number of likely N-dealkylation sites (tertiary alicyclic amines) is 1. The minimum atomic E-state index is -0.752. The van der Waals surface area contributed by atoms with Gasteiger partial charge < -0.3 is 30.7 Å². The van der Waals surface area contributed by atoms with E-state index in [9.17, 15) is 19.5 Å². The van der Waals surface area contributed by atoms with Gasteiger partial charge in [-0.15, -0.1) is 0 Å². The van der Waals surface area contributed by atoms with Gasteiger partial charge >= 0.3 is 0 Å². The van der Waals surface area contributed by atoms with Crippen LogP contribution in [0.2, 0.25) is 0 Å². The van der Waals surface area contributed by atoms with Crippen molar-refractivity contribution in [3.63, 3.8) is 0 Å². The van der Waals surface area contributed by atoms with Gasteiger partial charge in [0.15, 0.2) is 0 Å². The molecule has 4 bridgehead atoms. The van der Waals surface area contributed by atoms with E-state index in [2.05, 4.69) is 10.2 Å². The third-order valence-corrected chi connectivity index (χ3v) is 15.3. The second-order valence-electron chi connectivity index (χ2n) is 18.7. The minimum Gasteiger partial charge on any atom is -0.391 e. The lowest BCUT2D eigenvalue weighted by Gasteiger charge is -2.60. The largest absolute Gasteiger partial charge is 0.391 e. The highest BCUT2D eigenvalue weighted by atomic mass is 16.5. The molecule has 9 unspecified atom stereocenters. The molecule has 280 valence electrons. The Morgan fingerprint density at radius 3 is 2.28 bits per heavy atom. The Morgan fingerprint density at radius 1 is 0.860 bits per heavy atom. The molecule has 10 heteroatoms. The van der Waals surface area contributed by atoms with E-state index in [4.69, 9.17) is 10.5 Å². The number of rotatable bonds is 8. The van der Waals surface area contributed by atoms with Crippen molar-refractivity contribution in [2.24, 2.45) is 40.7 Å². The molecule has 10 nitrogen and oxygen atoms in total. The van der Waals surface area contributed by atoms with Crippen LogP contribution in [0.4, 0.5) is 0 Å². The van der Waals surface area contributed by atoms with Crippen LogP contribution >= 0.6 is 0 Å². The van der Waals surface area contributed by atoms with Crippen LogP contribution in [0.3, 0.4) is 0 Å². The smallest absolute Gasteiger partial charge is 0.245 e. The van der Waals surface area contributed by atoms with Crippen molar-refractivity contribution in [2.45, 2.75) is 158 Å². The summed E-state index contributed by atoms with van der Waals surface area (Å²) in [6, 6.07) is -0.951. The number of nitrogens with one attached hydrogen (secondary N) is 1. The number of piperazine rings is 1. The molecule has 4 N–H and O–H groups in total. The molecule has 0 radical (unpaired) electrons. The molecule has 9 aliphatic rings. The number of carbonyl (C=O) groups is 3. The highest BCUT2D eigenvalue weighted by Crippen LogP contribution is 2.61. The van der Waals surface area contributed by atoms with Gasteiger partial charge in [0.1, 0.15) is 12.1 Å². The number of nitrogens with zero attached hydrogens (tertiary/aromatic N) is 3. The Hall–Kier alpha value is -1.75. The molecule has 2 aliphatic heterocycles. The number of fused-ring (bicyclic) bond motifs is 1. The molecular formula is C40H65N5O5. The maximum Gasteiger partial charge on any atom is 0.245 e. The minimum absolute atomic E-state index is 0.0184. The van der Waals surface area contributed by atoms with Gasteiger partial charge in [-0.05, 0) is 100 Å². The number of amides is 3. The van der Waals surface area contributed by atoms with E-state index in [1.54, 1.807) is 4.90 Å². The molecule has 0 aromatic carbocycles. The summed E-state index contributed by atoms with van der Waals surface area (Å²) in [6.07, 6.45) is 19.4. The SMILES string of the molecule is COC1CCCCC1N1CCN(C(=O)C(CC2CCC3CCCCC3C2)NC(=O)C2C[C@@H](O)CN2C(=O)C23CC4CC(CC(N)(C4)C2)C3)CC1. The normalized spacial score (nSPS) is 43.8. The van der Waals surface area contributed by atoms with E-state index in [1.807, 2.05) is 12.0 Å². The first-order valence-electron chi connectivity index (χ1n) is 20.8. The fraction of sp³-hybridized carbons (Fsp3) is 0.925. The zero-order valence-electron chi connectivity index (χ0n) is 30.7. The van der Waals surface area contributed by atoms with Crippen molar-refractivity contribution in [2.75, 3.05) is 39.8 Å². The number of hydrogen-bond acceptors (Lipinski definition) is 7. The lowest BCUT2D eigenvalue weighted by Crippen LogP contribution is -2.65. The Morgan fingerprint density at radius 2 is 1.56 bits per heavy atom. The van der Waals surface area contributed by atoms with Gasteiger partial charge in [0.05, 0.1) is 17.6 Å². The molecule has 0 aromatic heterocycles. The molecule has 10 atom stereocenters. The summed E-state index contributed by atoms with van der Waals surface area (Å²) in [5.74, 6) is 2.71. The highest BCUT2D eigenvalue weighted by Gasteiger charge is 2.61. The summed E-state index contributed by atoms with van der Waals surface area (Å²) in [5, 5.41) is 14.2. The first kappa shape index (κ1) is 35.3. The molecule has 2 saturated heterocycles. The van der Waals surface area contributed by atoms with Crippen molar-refractivity contribution >= 4 is 17.7 Å². The maximum absolute atomic E-state index is 14.5. The van der Waals surface area contributed by atoms with Crippen LogP contribution < -0.4 is 11.1 Å². The molecule has 9 rings (SSSR count). The van der Waals surface area contributed by atoms with Crippen molar-refractivity contribution in [1.82, 2.24) is 20.0 Å². The Labute approximate surface area is 299 Å². The first-order valence-corrected chi connectivity index (χ1v) is 20.8. The summed E-state index contributed by atoms with van der Waals surface area (Å²) in [6.45, 7) is 3.15. The van der Waals surface area contributed by atoms with Crippen LogP contribution in [0.5, 0.6) is 0 Å². The van der Waals surface area contributed by atoms with Crippen LogP contribution in [0, 0.1) is 35.0 Å². The summed E-state index contributed by atoms with van der Waals surface area (Å²) in [7, 11) is 1.83. The van der Waals surface area contributed by atoms with Crippen molar-refractivity contribution < 1.29 is 24.2 Å². The standard InChI is InChI=1S/C40H65N5O5/c1-50-35-9-5-4-8-33(35)43-12-14-44(15-13-43)37(48)32(18-26-10-11-29-6-2-3-7-30(29)17-26)42-36(47)34-19-31(46)24-45(34)38(49)39-20-27-16-28(21-39)23-40(41,22-27)25-39/h26-35,46H,2-25,41H2,1H3,(H,42,47)/t26?,27?,28?,29?,30?,31-,32?,33?,34?,35?,39?,40?/m1/s1. The summed E-state index contributed by atoms with van der Waals surface area (Å²) in [4.78, 5) is 49.6. The van der Waals surface area contributed by atoms with E-state index in [0.717, 1.165) is 82.7 Å². The van der Waals surface area contributed by atoms with Crippen molar-refractivity contribution in [3.05, 3.63) is 0 Å². The van der Waals surface area contributed by atoms with Gasteiger partial charge in [-0.2, -0.15) is 0 Å².